The average Bonchev–Trinajstić information content (AvgIpc) is 3.14. The van der Waals surface area contributed by atoms with Crippen LogP contribution in [0.4, 0.5) is 0 Å². The van der Waals surface area contributed by atoms with Crippen molar-refractivity contribution in [3.05, 3.63) is 24.3 Å². The number of hydrogen-bond acceptors (Lipinski definition) is 4. The Morgan fingerprint density at radius 2 is 1.94 bits per heavy atom. The third-order valence-electron chi connectivity index (χ3n) is 2.62. The van der Waals surface area contributed by atoms with Crippen molar-refractivity contribution in [2.75, 3.05) is 13.2 Å². The molecule has 18 heavy (non-hydrogen) atoms. The molecule has 0 spiro atoms. The molecular weight excluding hydrogens is 236 g/mol. The van der Waals surface area contributed by atoms with E-state index < -0.39 is 11.9 Å². The van der Waals surface area contributed by atoms with E-state index in [-0.39, 0.29) is 18.3 Å². The van der Waals surface area contributed by atoms with Crippen molar-refractivity contribution in [1.82, 2.24) is 0 Å². The molecule has 0 amide bonds. The minimum atomic E-state index is -1.02. The molecule has 5 heteroatoms. The molecule has 0 aromatic carbocycles. The topological polar surface area (TPSA) is 76.1 Å². The first-order valence-corrected chi connectivity index (χ1v) is 5.88. The predicted molar refractivity (Wildman–Crippen MR) is 65.1 cm³/mol. The number of carbonyl (C=O) groups excluding carboxylic acids is 1. The number of rotatable bonds is 9. The highest BCUT2D eigenvalue weighted by Gasteiger charge is 2.23. The maximum atomic E-state index is 11.5. The average molecular weight is 254 g/mol. The summed E-state index contributed by atoms with van der Waals surface area (Å²) in [6.07, 6.45) is 2.41. The molecule has 0 aliphatic carbocycles. The molecule has 1 unspecified atom stereocenters. The summed E-state index contributed by atoms with van der Waals surface area (Å²) in [6.45, 7) is 7.99. The van der Waals surface area contributed by atoms with Crippen molar-refractivity contribution in [3.8, 4) is 0 Å². The Bertz CT molecular complexity index is 354. The number of ether oxygens (including phenoxy) is 2. The molecule has 1 N–H and O–H groups in total. The molecule has 1 atom stereocenters. The van der Waals surface area contributed by atoms with Crippen molar-refractivity contribution in [2.24, 2.45) is 0 Å². The normalized spacial score (nSPS) is 17.0. The molecule has 0 aromatic heterocycles. The van der Waals surface area contributed by atoms with Gasteiger partial charge in [-0.3, -0.25) is 0 Å². The number of aliphatic carboxylic acids is 1. The number of carbonyl (C=O) groups is 2. The maximum absolute atomic E-state index is 11.5. The third-order valence-corrected chi connectivity index (χ3v) is 2.62. The van der Waals surface area contributed by atoms with Crippen molar-refractivity contribution in [2.45, 2.75) is 31.8 Å². The zero-order valence-corrected chi connectivity index (χ0v) is 10.3. The Balaban J connectivity index is 2.06. The van der Waals surface area contributed by atoms with E-state index in [0.29, 0.717) is 24.8 Å². The highest BCUT2D eigenvalue weighted by Crippen LogP contribution is 2.18. The van der Waals surface area contributed by atoms with Crippen LogP contribution >= 0.6 is 0 Å². The Kier molecular flexibility index (Phi) is 5.58. The largest absolute Gasteiger partial charge is 0.478 e. The number of carboxylic acids is 1. The molecule has 1 aliphatic heterocycles. The lowest BCUT2D eigenvalue weighted by Crippen LogP contribution is -2.09. The second-order valence-electron chi connectivity index (χ2n) is 4.25. The lowest BCUT2D eigenvalue weighted by Gasteiger charge is -2.06. The number of carboxylic acid groups (broad SMARTS) is 1. The van der Waals surface area contributed by atoms with Gasteiger partial charge >= 0.3 is 11.9 Å². The van der Waals surface area contributed by atoms with Gasteiger partial charge in [0.05, 0.1) is 19.3 Å². The van der Waals surface area contributed by atoms with Gasteiger partial charge in [-0.15, -0.1) is 0 Å². The van der Waals surface area contributed by atoms with Gasteiger partial charge in [0.15, 0.2) is 0 Å². The van der Waals surface area contributed by atoms with E-state index in [9.17, 15) is 9.59 Å². The van der Waals surface area contributed by atoms with Gasteiger partial charge in [-0.05, 0) is 25.7 Å². The van der Waals surface area contributed by atoms with E-state index in [4.69, 9.17) is 14.6 Å². The summed E-state index contributed by atoms with van der Waals surface area (Å²) in [5, 5.41) is 8.57. The van der Waals surface area contributed by atoms with Crippen molar-refractivity contribution in [3.63, 3.8) is 0 Å². The van der Waals surface area contributed by atoms with Crippen LogP contribution in [0.2, 0.25) is 0 Å². The number of hydrogen-bond donors (Lipinski definition) is 1. The summed E-state index contributed by atoms with van der Waals surface area (Å²) in [5.74, 6) is -1.44. The van der Waals surface area contributed by atoms with E-state index in [0.717, 1.165) is 13.0 Å². The first-order chi connectivity index (χ1) is 8.50. The predicted octanol–water partition coefficient (Wildman–Crippen LogP) is 1.69. The summed E-state index contributed by atoms with van der Waals surface area (Å²) in [6, 6.07) is 0. The highest BCUT2D eigenvalue weighted by molar-refractivity contribution is 5.87. The molecule has 1 aliphatic rings. The van der Waals surface area contributed by atoms with Crippen LogP contribution in [0, 0.1) is 0 Å². The van der Waals surface area contributed by atoms with Crippen molar-refractivity contribution < 1.29 is 24.2 Å². The number of epoxide rings is 1. The van der Waals surface area contributed by atoms with Gasteiger partial charge in [-0.25, -0.2) is 9.59 Å². The Hall–Kier alpha value is -1.62. The molecule has 5 nitrogen and oxygen atoms in total. The van der Waals surface area contributed by atoms with Gasteiger partial charge < -0.3 is 14.6 Å². The van der Waals surface area contributed by atoms with E-state index in [1.807, 2.05) is 0 Å². The van der Waals surface area contributed by atoms with Gasteiger partial charge in [0, 0.05) is 11.1 Å². The Labute approximate surface area is 106 Å². The first-order valence-electron chi connectivity index (χ1n) is 5.88. The van der Waals surface area contributed by atoms with Crippen LogP contribution in [0.1, 0.15) is 25.7 Å². The quantitative estimate of drug-likeness (QED) is 0.293. The Morgan fingerprint density at radius 1 is 1.28 bits per heavy atom. The van der Waals surface area contributed by atoms with Crippen molar-refractivity contribution >= 4 is 11.9 Å². The van der Waals surface area contributed by atoms with Gasteiger partial charge in [-0.1, -0.05) is 13.2 Å². The summed E-state index contributed by atoms with van der Waals surface area (Å²) >= 11 is 0. The van der Waals surface area contributed by atoms with Crippen LogP contribution in [0.15, 0.2) is 24.3 Å². The van der Waals surface area contributed by atoms with Crippen LogP contribution < -0.4 is 0 Å². The van der Waals surface area contributed by atoms with Gasteiger partial charge in [0.25, 0.3) is 0 Å². The van der Waals surface area contributed by atoms with E-state index in [1.165, 1.54) is 0 Å². The summed E-state index contributed by atoms with van der Waals surface area (Å²) in [4.78, 5) is 21.9. The fourth-order valence-corrected chi connectivity index (χ4v) is 1.33. The van der Waals surface area contributed by atoms with Crippen LogP contribution in [-0.4, -0.2) is 36.4 Å². The van der Waals surface area contributed by atoms with E-state index in [2.05, 4.69) is 13.2 Å². The monoisotopic (exact) mass is 254 g/mol. The van der Waals surface area contributed by atoms with Gasteiger partial charge in [0.1, 0.15) is 0 Å². The standard InChI is InChI=1S/C13H18O5/c1-9(12(14)15)4-3-7-17-13(16)10(2)5-6-11-8-18-11/h11H,1-8H2,(H,14,15). The fourth-order valence-electron chi connectivity index (χ4n) is 1.33. The molecule has 1 saturated heterocycles. The van der Waals surface area contributed by atoms with E-state index >= 15 is 0 Å². The zero-order chi connectivity index (χ0) is 13.5. The molecule has 0 aromatic rings. The summed E-state index contributed by atoms with van der Waals surface area (Å²) < 4.78 is 10.0. The second kappa shape index (κ2) is 6.96. The molecule has 100 valence electrons. The minimum Gasteiger partial charge on any atom is -0.478 e. The molecule has 0 radical (unpaired) electrons. The lowest BCUT2D eigenvalue weighted by atomic mass is 10.1. The van der Waals surface area contributed by atoms with Crippen LogP contribution in [-0.2, 0) is 19.1 Å². The number of esters is 1. The van der Waals surface area contributed by atoms with Gasteiger partial charge in [0.2, 0.25) is 0 Å². The molecule has 1 fully saturated rings. The fraction of sp³-hybridized carbons (Fsp3) is 0.538. The SMILES string of the molecule is C=C(CCCOC(=O)C(=C)CCC1CO1)C(=O)O. The maximum Gasteiger partial charge on any atom is 0.333 e. The molecule has 0 saturated carbocycles. The molecular formula is C13H18O5. The third kappa shape index (κ3) is 5.63. The zero-order valence-electron chi connectivity index (χ0n) is 10.3. The Morgan fingerprint density at radius 3 is 2.50 bits per heavy atom. The lowest BCUT2D eigenvalue weighted by molar-refractivity contribution is -0.139. The second-order valence-corrected chi connectivity index (χ2v) is 4.25. The van der Waals surface area contributed by atoms with Crippen LogP contribution in [0.25, 0.3) is 0 Å². The molecule has 1 heterocycles. The van der Waals surface area contributed by atoms with Crippen LogP contribution in [0.3, 0.4) is 0 Å². The van der Waals surface area contributed by atoms with Crippen molar-refractivity contribution in [1.29, 1.82) is 0 Å². The summed E-state index contributed by atoms with van der Waals surface area (Å²) in [7, 11) is 0. The summed E-state index contributed by atoms with van der Waals surface area (Å²) in [5.41, 5.74) is 0.554. The smallest absolute Gasteiger partial charge is 0.333 e. The van der Waals surface area contributed by atoms with Crippen LogP contribution in [0.5, 0.6) is 0 Å². The minimum absolute atomic E-state index is 0.121. The first kappa shape index (κ1) is 14.4. The van der Waals surface area contributed by atoms with E-state index in [1.54, 1.807) is 0 Å². The molecule has 1 rings (SSSR count). The van der Waals surface area contributed by atoms with Gasteiger partial charge in [-0.2, -0.15) is 0 Å². The molecule has 0 bridgehead atoms. The highest BCUT2D eigenvalue weighted by atomic mass is 16.6.